The van der Waals surface area contributed by atoms with Crippen LogP contribution in [0.2, 0.25) is 0 Å². The van der Waals surface area contributed by atoms with Crippen LogP contribution < -0.4 is 0 Å². The number of thiophene rings is 1. The standard InChI is InChI=1S/C23H23NOS/c1-23(2,3)22-14-13-18(26-22)16-24-20-12-8-7-11-19(20)21(25)15-17-9-5-4-6-10-17/h4-14,16H,15H2,1-3H3. The Bertz CT molecular complexity index is 917. The normalized spacial score (nSPS) is 11.8. The molecule has 0 aliphatic carbocycles. The number of hydrogen-bond donors (Lipinski definition) is 0. The number of benzene rings is 2. The number of hydrogen-bond acceptors (Lipinski definition) is 3. The van der Waals surface area contributed by atoms with E-state index in [1.807, 2.05) is 60.8 Å². The SMILES string of the molecule is CC(C)(C)c1ccc(C=Nc2ccccc2C(=O)Cc2ccccc2)s1. The van der Waals surface area contributed by atoms with Gasteiger partial charge in [0.25, 0.3) is 0 Å². The lowest BCUT2D eigenvalue weighted by Gasteiger charge is -2.15. The summed E-state index contributed by atoms with van der Waals surface area (Å²) in [5.41, 5.74) is 2.55. The van der Waals surface area contributed by atoms with Gasteiger partial charge in [0.05, 0.1) is 5.69 Å². The minimum absolute atomic E-state index is 0.0884. The van der Waals surface area contributed by atoms with Crippen molar-refractivity contribution in [3.05, 3.63) is 87.6 Å². The zero-order valence-corrected chi connectivity index (χ0v) is 16.2. The zero-order valence-electron chi connectivity index (χ0n) is 15.4. The number of ketones is 1. The number of carbonyl (C=O) groups is 1. The quantitative estimate of drug-likeness (QED) is 0.392. The van der Waals surface area contributed by atoms with Crippen LogP contribution in [-0.2, 0) is 11.8 Å². The Balaban J connectivity index is 1.81. The van der Waals surface area contributed by atoms with E-state index in [1.165, 1.54) is 4.88 Å². The molecule has 3 rings (SSSR count). The second-order valence-electron chi connectivity index (χ2n) is 7.31. The lowest BCUT2D eigenvalue weighted by atomic mass is 9.95. The van der Waals surface area contributed by atoms with Gasteiger partial charge in [-0.25, -0.2) is 0 Å². The molecule has 0 N–H and O–H groups in total. The van der Waals surface area contributed by atoms with Gasteiger partial charge in [0, 0.05) is 28.0 Å². The van der Waals surface area contributed by atoms with Gasteiger partial charge in [-0.3, -0.25) is 9.79 Å². The third kappa shape index (κ3) is 4.55. The van der Waals surface area contributed by atoms with Gasteiger partial charge in [-0.05, 0) is 35.2 Å². The molecular formula is C23H23NOS. The van der Waals surface area contributed by atoms with Crippen molar-refractivity contribution in [2.75, 3.05) is 0 Å². The highest BCUT2D eigenvalue weighted by atomic mass is 32.1. The van der Waals surface area contributed by atoms with Gasteiger partial charge in [-0.2, -0.15) is 0 Å². The van der Waals surface area contributed by atoms with E-state index < -0.39 is 0 Å². The lowest BCUT2D eigenvalue weighted by molar-refractivity contribution is 0.0993. The van der Waals surface area contributed by atoms with Crippen LogP contribution in [0.3, 0.4) is 0 Å². The Labute approximate surface area is 159 Å². The molecule has 1 heterocycles. The summed E-state index contributed by atoms with van der Waals surface area (Å²) < 4.78 is 0. The molecule has 3 heteroatoms. The Morgan fingerprint density at radius 3 is 2.35 bits per heavy atom. The minimum Gasteiger partial charge on any atom is -0.294 e. The van der Waals surface area contributed by atoms with Crippen LogP contribution in [0.5, 0.6) is 0 Å². The van der Waals surface area contributed by atoms with Crippen LogP contribution in [0.15, 0.2) is 71.7 Å². The predicted octanol–water partition coefficient (Wildman–Crippen LogP) is 6.22. The van der Waals surface area contributed by atoms with E-state index in [9.17, 15) is 4.79 Å². The highest BCUT2D eigenvalue weighted by Gasteiger charge is 2.15. The highest BCUT2D eigenvalue weighted by molar-refractivity contribution is 7.13. The maximum atomic E-state index is 12.7. The summed E-state index contributed by atoms with van der Waals surface area (Å²) in [5.74, 6) is 0.0884. The topological polar surface area (TPSA) is 29.4 Å². The number of Topliss-reactive ketones (excluding diaryl/α,β-unsaturated/α-hetero) is 1. The first-order valence-corrected chi connectivity index (χ1v) is 9.56. The molecule has 0 fully saturated rings. The first-order chi connectivity index (χ1) is 12.4. The van der Waals surface area contributed by atoms with Gasteiger partial charge in [0.1, 0.15) is 0 Å². The van der Waals surface area contributed by atoms with E-state index >= 15 is 0 Å². The molecule has 0 spiro atoms. The summed E-state index contributed by atoms with van der Waals surface area (Å²) in [6, 6.07) is 21.6. The van der Waals surface area contributed by atoms with E-state index in [0.29, 0.717) is 12.0 Å². The second-order valence-corrected chi connectivity index (χ2v) is 8.43. The van der Waals surface area contributed by atoms with Crippen LogP contribution in [0.1, 0.15) is 46.4 Å². The first kappa shape index (κ1) is 18.3. The molecule has 0 unspecified atom stereocenters. The first-order valence-electron chi connectivity index (χ1n) is 8.74. The van der Waals surface area contributed by atoms with Gasteiger partial charge in [0.15, 0.2) is 5.78 Å². The summed E-state index contributed by atoms with van der Waals surface area (Å²) >= 11 is 1.74. The van der Waals surface area contributed by atoms with Crippen molar-refractivity contribution < 1.29 is 4.79 Å². The molecule has 0 aliphatic rings. The van der Waals surface area contributed by atoms with Crippen LogP contribution in [0.25, 0.3) is 0 Å². The molecule has 0 saturated carbocycles. The molecular weight excluding hydrogens is 338 g/mol. The largest absolute Gasteiger partial charge is 0.294 e. The van der Waals surface area contributed by atoms with Crippen LogP contribution >= 0.6 is 11.3 Å². The maximum Gasteiger partial charge on any atom is 0.169 e. The molecule has 26 heavy (non-hydrogen) atoms. The van der Waals surface area contributed by atoms with Crippen molar-refractivity contribution in [2.24, 2.45) is 4.99 Å². The van der Waals surface area contributed by atoms with Crippen molar-refractivity contribution in [2.45, 2.75) is 32.6 Å². The molecule has 0 saturated heterocycles. The summed E-state index contributed by atoms with van der Waals surface area (Å²) in [4.78, 5) is 19.7. The fourth-order valence-electron chi connectivity index (χ4n) is 2.66. The Kier molecular flexibility index (Phi) is 5.48. The molecule has 3 aromatic rings. The molecule has 1 aromatic heterocycles. The molecule has 0 atom stereocenters. The number of para-hydroxylation sites is 1. The van der Waals surface area contributed by atoms with Crippen molar-refractivity contribution in [1.82, 2.24) is 0 Å². The third-order valence-electron chi connectivity index (χ3n) is 4.11. The summed E-state index contributed by atoms with van der Waals surface area (Å²) in [7, 11) is 0. The third-order valence-corrected chi connectivity index (χ3v) is 5.55. The predicted molar refractivity (Wildman–Crippen MR) is 111 cm³/mol. The molecule has 0 aliphatic heterocycles. The monoisotopic (exact) mass is 361 g/mol. The second kappa shape index (κ2) is 7.79. The summed E-state index contributed by atoms with van der Waals surface area (Å²) in [6.45, 7) is 6.62. The van der Waals surface area contributed by atoms with Crippen molar-refractivity contribution >= 4 is 29.0 Å². The summed E-state index contributed by atoms with van der Waals surface area (Å²) in [6.07, 6.45) is 2.25. The smallest absolute Gasteiger partial charge is 0.169 e. The van der Waals surface area contributed by atoms with Gasteiger partial charge < -0.3 is 0 Å². The van der Waals surface area contributed by atoms with E-state index in [4.69, 9.17) is 0 Å². The van der Waals surface area contributed by atoms with Crippen LogP contribution in [0, 0.1) is 0 Å². The molecule has 0 amide bonds. The van der Waals surface area contributed by atoms with E-state index in [1.54, 1.807) is 11.3 Å². The fraction of sp³-hybridized carbons (Fsp3) is 0.217. The van der Waals surface area contributed by atoms with E-state index in [0.717, 1.165) is 16.1 Å². The lowest BCUT2D eigenvalue weighted by Crippen LogP contribution is -2.07. The number of carbonyl (C=O) groups excluding carboxylic acids is 1. The van der Waals surface area contributed by atoms with E-state index in [-0.39, 0.29) is 11.2 Å². The van der Waals surface area contributed by atoms with Gasteiger partial charge >= 0.3 is 0 Å². The van der Waals surface area contributed by atoms with Gasteiger partial charge in [-0.1, -0.05) is 63.2 Å². The maximum absolute atomic E-state index is 12.7. The van der Waals surface area contributed by atoms with Crippen molar-refractivity contribution in [1.29, 1.82) is 0 Å². The van der Waals surface area contributed by atoms with E-state index in [2.05, 4.69) is 37.9 Å². The fourth-order valence-corrected chi connectivity index (χ4v) is 3.59. The average Bonchev–Trinajstić information content (AvgIpc) is 3.10. The van der Waals surface area contributed by atoms with Gasteiger partial charge in [0.2, 0.25) is 0 Å². The number of nitrogens with zero attached hydrogens (tertiary/aromatic N) is 1. The zero-order chi connectivity index (χ0) is 18.6. The van der Waals surface area contributed by atoms with Crippen molar-refractivity contribution in [3.63, 3.8) is 0 Å². The summed E-state index contributed by atoms with van der Waals surface area (Å²) in [5, 5.41) is 0. The molecule has 0 bridgehead atoms. The van der Waals surface area contributed by atoms with Crippen LogP contribution in [-0.4, -0.2) is 12.0 Å². The molecule has 2 nitrogen and oxygen atoms in total. The molecule has 0 radical (unpaired) electrons. The van der Waals surface area contributed by atoms with Crippen LogP contribution in [0.4, 0.5) is 5.69 Å². The molecule has 2 aromatic carbocycles. The number of aliphatic imine (C=N–C) groups is 1. The van der Waals surface area contributed by atoms with Gasteiger partial charge in [-0.15, -0.1) is 11.3 Å². The minimum atomic E-state index is 0.0884. The Morgan fingerprint density at radius 1 is 0.962 bits per heavy atom. The Hall–Kier alpha value is -2.52. The molecule has 132 valence electrons. The highest BCUT2D eigenvalue weighted by Crippen LogP contribution is 2.29. The Morgan fingerprint density at radius 2 is 1.65 bits per heavy atom. The number of rotatable bonds is 5. The average molecular weight is 362 g/mol. The van der Waals surface area contributed by atoms with Crippen molar-refractivity contribution in [3.8, 4) is 0 Å².